The number of amides is 1. The third-order valence-corrected chi connectivity index (χ3v) is 8.98. The van der Waals surface area contributed by atoms with Crippen LogP contribution in [0.5, 0.6) is 0 Å². The summed E-state index contributed by atoms with van der Waals surface area (Å²) in [6.07, 6.45) is -0.415. The third kappa shape index (κ3) is 4.17. The van der Waals surface area contributed by atoms with Crippen molar-refractivity contribution in [2.75, 3.05) is 0 Å². The van der Waals surface area contributed by atoms with Gasteiger partial charge in [0.2, 0.25) is 0 Å². The van der Waals surface area contributed by atoms with Crippen LogP contribution in [0.2, 0.25) is 0 Å². The minimum atomic E-state index is -4.55. The molecule has 4 rings (SSSR count). The molecule has 1 fully saturated rings. The number of nitrogens with zero attached hydrogens (tertiary/aromatic N) is 2. The summed E-state index contributed by atoms with van der Waals surface area (Å²) in [6, 6.07) is 15.4. The lowest BCUT2D eigenvalue weighted by Crippen LogP contribution is -2.47. The number of rotatable bonds is 5. The molecule has 3 aromatic carbocycles. The maximum atomic E-state index is 13.7. The molecule has 10 heteroatoms. The molecule has 1 aliphatic heterocycles. The van der Waals surface area contributed by atoms with Gasteiger partial charge in [0.25, 0.3) is 26.0 Å². The van der Waals surface area contributed by atoms with Crippen LogP contribution in [0.4, 0.5) is 4.39 Å². The van der Waals surface area contributed by atoms with Gasteiger partial charge in [-0.1, -0.05) is 51.9 Å². The molecule has 0 saturated carbocycles. The molecule has 1 aliphatic rings. The average Bonchev–Trinajstić information content (AvgIpc) is 3.13. The van der Waals surface area contributed by atoms with Crippen LogP contribution in [0.1, 0.15) is 29.2 Å². The molecule has 1 unspecified atom stereocenters. The van der Waals surface area contributed by atoms with E-state index in [1.807, 2.05) is 0 Å². The van der Waals surface area contributed by atoms with E-state index in [4.69, 9.17) is 0 Å². The number of halogens is 1. The number of hydrogen-bond donors (Lipinski definition) is 0. The second-order valence-corrected chi connectivity index (χ2v) is 11.4. The highest BCUT2D eigenvalue weighted by atomic mass is 32.2. The van der Waals surface area contributed by atoms with Crippen LogP contribution < -0.4 is 0 Å². The van der Waals surface area contributed by atoms with Gasteiger partial charge in [0.05, 0.1) is 22.3 Å². The van der Waals surface area contributed by atoms with Gasteiger partial charge in [0, 0.05) is 0 Å². The topological polar surface area (TPSA) is 91.8 Å². The van der Waals surface area contributed by atoms with Gasteiger partial charge in [0.15, 0.2) is 0 Å². The van der Waals surface area contributed by atoms with Gasteiger partial charge in [-0.3, -0.25) is 4.79 Å². The fraction of sp³-hybridized carbons (Fsp3) is 0.174. The van der Waals surface area contributed by atoms with Crippen molar-refractivity contribution >= 4 is 26.0 Å². The van der Waals surface area contributed by atoms with Crippen LogP contribution in [-0.4, -0.2) is 31.6 Å². The SMILES string of the molecule is Cc1ccc(S(=O)(=O)N2C(=O)CC(c3ccc(F)cc3)N2S(=O)(=O)c2ccc(C)cc2)cc1. The molecule has 1 atom stereocenters. The monoisotopic (exact) mass is 488 g/mol. The van der Waals surface area contributed by atoms with Crippen LogP contribution in [0.3, 0.4) is 0 Å². The van der Waals surface area contributed by atoms with Crippen LogP contribution in [0.25, 0.3) is 0 Å². The van der Waals surface area contributed by atoms with E-state index in [-0.39, 0.29) is 9.79 Å². The number of hydrogen-bond acceptors (Lipinski definition) is 5. The number of carbonyl (C=O) groups is 1. The summed E-state index contributed by atoms with van der Waals surface area (Å²) in [6.45, 7) is 3.56. The first-order valence-corrected chi connectivity index (χ1v) is 12.9. The lowest BCUT2D eigenvalue weighted by atomic mass is 10.1. The van der Waals surface area contributed by atoms with Gasteiger partial charge in [0.1, 0.15) is 5.82 Å². The second-order valence-electron chi connectivity index (χ2n) is 7.82. The Bertz CT molecular complexity index is 1400. The van der Waals surface area contributed by atoms with E-state index in [9.17, 15) is 26.0 Å². The normalized spacial score (nSPS) is 17.5. The van der Waals surface area contributed by atoms with Crippen molar-refractivity contribution in [2.24, 2.45) is 0 Å². The molecule has 1 amide bonds. The van der Waals surface area contributed by atoms with Crippen molar-refractivity contribution in [3.8, 4) is 0 Å². The smallest absolute Gasteiger partial charge is 0.272 e. The van der Waals surface area contributed by atoms with Crippen LogP contribution >= 0.6 is 0 Å². The predicted molar refractivity (Wildman–Crippen MR) is 119 cm³/mol. The first kappa shape index (κ1) is 23.1. The summed E-state index contributed by atoms with van der Waals surface area (Å²) < 4.78 is 68.7. The molecule has 0 N–H and O–H groups in total. The Morgan fingerprint density at radius 1 is 0.727 bits per heavy atom. The molecule has 0 aromatic heterocycles. The Labute approximate surface area is 192 Å². The molecule has 0 bridgehead atoms. The molecule has 0 aliphatic carbocycles. The molecule has 0 radical (unpaired) electrons. The number of sulfonamides is 2. The van der Waals surface area contributed by atoms with Crippen molar-refractivity contribution in [2.45, 2.75) is 36.1 Å². The van der Waals surface area contributed by atoms with E-state index in [0.717, 1.165) is 23.3 Å². The Morgan fingerprint density at radius 3 is 1.67 bits per heavy atom. The number of hydrazine groups is 1. The fourth-order valence-corrected chi connectivity index (χ4v) is 7.01. The molecule has 1 heterocycles. The maximum Gasteiger partial charge on any atom is 0.281 e. The lowest BCUT2D eigenvalue weighted by molar-refractivity contribution is -0.126. The standard InChI is InChI=1S/C23H21FN2O5S2/c1-16-3-11-20(12-4-16)32(28,29)25-22(18-7-9-19(24)10-8-18)15-23(27)26(25)33(30,31)21-13-5-17(2)6-14-21/h3-14,22H,15H2,1-2H3. The molecule has 0 spiro atoms. The zero-order valence-corrected chi connectivity index (χ0v) is 19.5. The summed E-state index contributed by atoms with van der Waals surface area (Å²) >= 11 is 0. The highest BCUT2D eigenvalue weighted by Gasteiger charge is 2.52. The molecule has 1 saturated heterocycles. The number of benzene rings is 3. The fourth-order valence-electron chi connectivity index (χ4n) is 3.62. The Morgan fingerprint density at radius 2 is 1.18 bits per heavy atom. The Hall–Kier alpha value is -3.08. The highest BCUT2D eigenvalue weighted by Crippen LogP contribution is 2.41. The molecule has 7 nitrogen and oxygen atoms in total. The first-order valence-electron chi connectivity index (χ1n) is 10.0. The van der Waals surface area contributed by atoms with Crippen molar-refractivity contribution in [1.82, 2.24) is 8.83 Å². The van der Waals surface area contributed by atoms with Gasteiger partial charge in [-0.05, 0) is 55.8 Å². The first-order chi connectivity index (χ1) is 15.5. The summed E-state index contributed by atoms with van der Waals surface area (Å²) in [5, 5.41) is 0. The molecule has 33 heavy (non-hydrogen) atoms. The predicted octanol–water partition coefficient (Wildman–Crippen LogP) is 3.71. The highest BCUT2D eigenvalue weighted by molar-refractivity contribution is 7.92. The van der Waals surface area contributed by atoms with E-state index < -0.39 is 44.2 Å². The molecule has 3 aromatic rings. The van der Waals surface area contributed by atoms with E-state index in [1.165, 1.54) is 36.4 Å². The van der Waals surface area contributed by atoms with E-state index >= 15 is 0 Å². The van der Waals surface area contributed by atoms with Crippen LogP contribution in [-0.2, 0) is 24.8 Å². The zero-order valence-electron chi connectivity index (χ0n) is 17.8. The van der Waals surface area contributed by atoms with Crippen molar-refractivity contribution in [3.05, 3.63) is 95.3 Å². The third-order valence-electron chi connectivity index (χ3n) is 5.39. The minimum absolute atomic E-state index is 0.168. The van der Waals surface area contributed by atoms with Crippen molar-refractivity contribution in [1.29, 1.82) is 0 Å². The van der Waals surface area contributed by atoms with Crippen molar-refractivity contribution < 1.29 is 26.0 Å². The van der Waals surface area contributed by atoms with Gasteiger partial charge in [-0.25, -0.2) is 12.8 Å². The van der Waals surface area contributed by atoms with E-state index in [1.54, 1.807) is 38.1 Å². The molecular formula is C23H21FN2O5S2. The Kier molecular flexibility index (Phi) is 5.85. The van der Waals surface area contributed by atoms with Gasteiger partial charge >= 0.3 is 0 Å². The molecular weight excluding hydrogens is 467 g/mol. The Balaban J connectivity index is 1.90. The second kappa shape index (κ2) is 8.36. The van der Waals surface area contributed by atoms with Gasteiger partial charge in [-0.15, -0.1) is 4.41 Å². The zero-order chi connectivity index (χ0) is 24.0. The summed E-state index contributed by atoms with van der Waals surface area (Å²) in [7, 11) is -9.02. The maximum absolute atomic E-state index is 13.7. The lowest BCUT2D eigenvalue weighted by Gasteiger charge is -2.30. The summed E-state index contributed by atoms with van der Waals surface area (Å²) in [5.74, 6) is -1.44. The number of carbonyl (C=O) groups excluding carboxylic acids is 1. The largest absolute Gasteiger partial charge is 0.281 e. The van der Waals surface area contributed by atoms with E-state index in [0.29, 0.717) is 14.4 Å². The minimum Gasteiger partial charge on any atom is -0.272 e. The van der Waals surface area contributed by atoms with Gasteiger partial charge in [-0.2, -0.15) is 8.42 Å². The van der Waals surface area contributed by atoms with Crippen LogP contribution in [0.15, 0.2) is 82.6 Å². The summed E-state index contributed by atoms with van der Waals surface area (Å²) in [4.78, 5) is 12.6. The average molecular weight is 489 g/mol. The van der Waals surface area contributed by atoms with E-state index in [2.05, 4.69) is 0 Å². The quantitative estimate of drug-likeness (QED) is 0.546. The van der Waals surface area contributed by atoms with Gasteiger partial charge < -0.3 is 0 Å². The summed E-state index contributed by atoms with van der Waals surface area (Å²) in [5.41, 5.74) is 1.91. The molecule has 172 valence electrons. The van der Waals surface area contributed by atoms with Crippen molar-refractivity contribution in [3.63, 3.8) is 0 Å². The van der Waals surface area contributed by atoms with Crippen LogP contribution in [0, 0.1) is 19.7 Å². The number of aryl methyl sites for hydroxylation is 2.